The van der Waals surface area contributed by atoms with Crippen molar-refractivity contribution < 1.29 is 0 Å². The number of hydrogen-bond donors (Lipinski definition) is 1. The molecule has 0 unspecified atom stereocenters. The Morgan fingerprint density at radius 1 is 1.44 bits per heavy atom. The van der Waals surface area contributed by atoms with Crippen LogP contribution < -0.4 is 5.32 Å². The molecule has 0 atom stereocenters. The van der Waals surface area contributed by atoms with E-state index in [1.165, 1.54) is 19.3 Å². The lowest BCUT2D eigenvalue weighted by atomic mass is 9.85. The molecule has 0 aliphatic heterocycles. The van der Waals surface area contributed by atoms with Gasteiger partial charge in [0.25, 0.3) is 0 Å². The second-order valence-electron chi connectivity index (χ2n) is 6.22. The highest BCUT2D eigenvalue weighted by Gasteiger charge is 2.24. The van der Waals surface area contributed by atoms with Crippen LogP contribution >= 0.6 is 0 Å². The van der Waals surface area contributed by atoms with Crippen molar-refractivity contribution in [1.82, 2.24) is 20.1 Å². The van der Waals surface area contributed by atoms with Crippen LogP contribution in [0.25, 0.3) is 0 Å². The van der Waals surface area contributed by atoms with Crippen LogP contribution in [0.2, 0.25) is 0 Å². The smallest absolute Gasteiger partial charge is 0.138 e. The number of nitrogens with zero attached hydrogens (tertiary/aromatic N) is 3. The molecule has 1 fully saturated rings. The molecule has 4 heteroatoms. The van der Waals surface area contributed by atoms with E-state index in [2.05, 4.69) is 40.9 Å². The summed E-state index contributed by atoms with van der Waals surface area (Å²) in [5.74, 6) is 1.13. The van der Waals surface area contributed by atoms with Gasteiger partial charge in [-0.2, -0.15) is 5.10 Å². The van der Waals surface area contributed by atoms with Gasteiger partial charge in [0.2, 0.25) is 0 Å². The van der Waals surface area contributed by atoms with Crippen LogP contribution in [0, 0.1) is 5.41 Å². The van der Waals surface area contributed by atoms with E-state index in [0.29, 0.717) is 5.41 Å². The standard InChI is InChI=1S/C14H26N4/c1-4-9-18-13(16-11-17-18)10-14(2,3)7-8-15-12-5-6-12/h11-12,15H,4-10H2,1-3H3. The van der Waals surface area contributed by atoms with E-state index in [-0.39, 0.29) is 0 Å². The van der Waals surface area contributed by atoms with E-state index < -0.39 is 0 Å². The molecule has 1 heterocycles. The van der Waals surface area contributed by atoms with Crippen molar-refractivity contribution in [3.05, 3.63) is 12.2 Å². The molecular formula is C14H26N4. The van der Waals surface area contributed by atoms with Crippen LogP contribution in [0.4, 0.5) is 0 Å². The van der Waals surface area contributed by atoms with Crippen molar-refractivity contribution in [2.24, 2.45) is 5.41 Å². The molecule has 18 heavy (non-hydrogen) atoms. The van der Waals surface area contributed by atoms with Crippen molar-refractivity contribution in [2.45, 2.75) is 65.5 Å². The van der Waals surface area contributed by atoms with Gasteiger partial charge in [-0.15, -0.1) is 0 Å². The quantitative estimate of drug-likeness (QED) is 0.770. The maximum atomic E-state index is 4.41. The minimum atomic E-state index is 0.292. The van der Waals surface area contributed by atoms with Gasteiger partial charge in [0.15, 0.2) is 0 Å². The molecule has 102 valence electrons. The van der Waals surface area contributed by atoms with E-state index >= 15 is 0 Å². The van der Waals surface area contributed by atoms with E-state index in [4.69, 9.17) is 0 Å². The zero-order valence-corrected chi connectivity index (χ0v) is 11.9. The van der Waals surface area contributed by atoms with Gasteiger partial charge >= 0.3 is 0 Å². The fourth-order valence-electron chi connectivity index (χ4n) is 2.24. The summed E-state index contributed by atoms with van der Waals surface area (Å²) in [4.78, 5) is 4.41. The fourth-order valence-corrected chi connectivity index (χ4v) is 2.24. The minimum Gasteiger partial charge on any atom is -0.314 e. The van der Waals surface area contributed by atoms with Gasteiger partial charge < -0.3 is 5.32 Å². The van der Waals surface area contributed by atoms with Gasteiger partial charge in [-0.25, -0.2) is 4.98 Å². The van der Waals surface area contributed by atoms with Gasteiger partial charge in [-0.3, -0.25) is 4.68 Å². The Balaban J connectivity index is 1.82. The first-order valence-corrected chi connectivity index (χ1v) is 7.21. The molecule has 4 nitrogen and oxygen atoms in total. The summed E-state index contributed by atoms with van der Waals surface area (Å²) in [6, 6.07) is 0.810. The van der Waals surface area contributed by atoms with Gasteiger partial charge in [0, 0.05) is 19.0 Å². The summed E-state index contributed by atoms with van der Waals surface area (Å²) in [6.07, 6.45) is 7.74. The van der Waals surface area contributed by atoms with Crippen molar-refractivity contribution in [3.63, 3.8) is 0 Å². The van der Waals surface area contributed by atoms with Crippen LogP contribution in [0.15, 0.2) is 6.33 Å². The van der Waals surface area contributed by atoms with Crippen molar-refractivity contribution in [1.29, 1.82) is 0 Å². The van der Waals surface area contributed by atoms with E-state index in [1.54, 1.807) is 6.33 Å². The lowest BCUT2D eigenvalue weighted by molar-refractivity contribution is 0.311. The van der Waals surface area contributed by atoms with Crippen molar-refractivity contribution in [3.8, 4) is 0 Å². The maximum absolute atomic E-state index is 4.41. The Hall–Kier alpha value is -0.900. The zero-order valence-electron chi connectivity index (χ0n) is 11.9. The molecule has 0 spiro atoms. The Bertz CT molecular complexity index is 366. The highest BCUT2D eigenvalue weighted by atomic mass is 15.3. The molecule has 1 N–H and O–H groups in total. The normalized spacial score (nSPS) is 16.2. The highest BCUT2D eigenvalue weighted by molar-refractivity contribution is 4.91. The summed E-state index contributed by atoms with van der Waals surface area (Å²) in [7, 11) is 0. The number of nitrogens with one attached hydrogen (secondary N) is 1. The van der Waals surface area contributed by atoms with Crippen LogP contribution in [-0.2, 0) is 13.0 Å². The lowest BCUT2D eigenvalue weighted by Crippen LogP contribution is -2.26. The molecule has 0 saturated heterocycles. The van der Waals surface area contributed by atoms with Gasteiger partial charge in [-0.05, 0) is 37.6 Å². The third-order valence-corrected chi connectivity index (χ3v) is 3.58. The summed E-state index contributed by atoms with van der Waals surface area (Å²) in [5.41, 5.74) is 0.292. The lowest BCUT2D eigenvalue weighted by Gasteiger charge is -2.24. The number of rotatable bonds is 8. The monoisotopic (exact) mass is 250 g/mol. The summed E-state index contributed by atoms with van der Waals surface area (Å²) in [6.45, 7) is 8.93. The average molecular weight is 250 g/mol. The fraction of sp³-hybridized carbons (Fsp3) is 0.857. The second-order valence-corrected chi connectivity index (χ2v) is 6.22. The van der Waals surface area contributed by atoms with Crippen molar-refractivity contribution in [2.75, 3.05) is 6.54 Å². The molecule has 1 aromatic heterocycles. The van der Waals surface area contributed by atoms with Crippen LogP contribution in [-0.4, -0.2) is 27.4 Å². The summed E-state index contributed by atoms with van der Waals surface area (Å²) >= 11 is 0. The molecule has 0 radical (unpaired) electrons. The topological polar surface area (TPSA) is 42.7 Å². The molecule has 0 aromatic carbocycles. The van der Waals surface area contributed by atoms with Crippen molar-refractivity contribution >= 4 is 0 Å². The van der Waals surface area contributed by atoms with Crippen LogP contribution in [0.1, 0.15) is 52.3 Å². The average Bonchev–Trinajstić information content (AvgIpc) is 3.02. The largest absolute Gasteiger partial charge is 0.314 e. The van der Waals surface area contributed by atoms with Gasteiger partial charge in [-0.1, -0.05) is 20.8 Å². The Kier molecular flexibility index (Phi) is 4.38. The van der Waals surface area contributed by atoms with Crippen LogP contribution in [0.3, 0.4) is 0 Å². The molecule has 1 aliphatic carbocycles. The number of aryl methyl sites for hydroxylation is 1. The Labute approximate surface area is 110 Å². The summed E-state index contributed by atoms with van der Waals surface area (Å²) < 4.78 is 2.05. The highest BCUT2D eigenvalue weighted by Crippen LogP contribution is 2.26. The number of aromatic nitrogens is 3. The first-order chi connectivity index (χ1) is 8.61. The maximum Gasteiger partial charge on any atom is 0.138 e. The van der Waals surface area contributed by atoms with E-state index in [9.17, 15) is 0 Å². The van der Waals surface area contributed by atoms with Gasteiger partial charge in [0.1, 0.15) is 12.2 Å². The predicted molar refractivity (Wildman–Crippen MR) is 73.4 cm³/mol. The SMILES string of the molecule is CCCn1ncnc1CC(C)(C)CCNC1CC1. The Morgan fingerprint density at radius 2 is 2.22 bits per heavy atom. The Morgan fingerprint density at radius 3 is 2.89 bits per heavy atom. The molecule has 2 rings (SSSR count). The minimum absolute atomic E-state index is 0.292. The van der Waals surface area contributed by atoms with E-state index in [1.807, 2.05) is 0 Å². The zero-order chi connectivity index (χ0) is 13.0. The number of hydrogen-bond acceptors (Lipinski definition) is 3. The van der Waals surface area contributed by atoms with E-state index in [0.717, 1.165) is 37.8 Å². The van der Waals surface area contributed by atoms with Gasteiger partial charge in [0.05, 0.1) is 0 Å². The first kappa shape index (κ1) is 13.5. The molecule has 1 aliphatic rings. The first-order valence-electron chi connectivity index (χ1n) is 7.21. The molecule has 0 amide bonds. The molecular weight excluding hydrogens is 224 g/mol. The third-order valence-electron chi connectivity index (χ3n) is 3.58. The second kappa shape index (κ2) is 5.83. The summed E-state index contributed by atoms with van der Waals surface area (Å²) in [5, 5.41) is 7.89. The molecule has 1 saturated carbocycles. The molecule has 1 aromatic rings. The predicted octanol–water partition coefficient (Wildman–Crippen LogP) is 2.40. The molecule has 0 bridgehead atoms. The third kappa shape index (κ3) is 4.09. The van der Waals surface area contributed by atoms with Crippen LogP contribution in [0.5, 0.6) is 0 Å².